The molecule has 0 aliphatic heterocycles. The summed E-state index contributed by atoms with van der Waals surface area (Å²) < 4.78 is 0. The maximum Gasteiger partial charge on any atom is 0.125 e. The van der Waals surface area contributed by atoms with Gasteiger partial charge in [-0.05, 0) is 18.1 Å². The zero-order valence-electron chi connectivity index (χ0n) is 15.9. The maximum atomic E-state index is 2.97. The summed E-state index contributed by atoms with van der Waals surface area (Å²) >= 11 is 2.97. The van der Waals surface area contributed by atoms with E-state index in [1.165, 1.54) is 89.9 Å². The van der Waals surface area contributed by atoms with Crippen LogP contribution in [0.15, 0.2) is 0 Å². The molecular formula is C20H43ISi. The highest BCUT2D eigenvalue weighted by atomic mass is 127. The fourth-order valence-corrected chi connectivity index (χ4v) is 10.2. The molecule has 0 radical (unpaired) electrons. The van der Waals surface area contributed by atoms with E-state index in [9.17, 15) is 0 Å². The van der Waals surface area contributed by atoms with Crippen molar-refractivity contribution < 1.29 is 0 Å². The van der Waals surface area contributed by atoms with Crippen molar-refractivity contribution in [3.05, 3.63) is 0 Å². The van der Waals surface area contributed by atoms with E-state index in [0.717, 1.165) is 0 Å². The van der Waals surface area contributed by atoms with Gasteiger partial charge in [0, 0.05) is 0 Å². The molecule has 134 valence electrons. The lowest BCUT2D eigenvalue weighted by Gasteiger charge is -2.25. The summed E-state index contributed by atoms with van der Waals surface area (Å²) in [6, 6.07) is 4.80. The zero-order valence-corrected chi connectivity index (χ0v) is 19.1. The minimum absolute atomic E-state index is 0.937. The highest BCUT2D eigenvalue weighted by Crippen LogP contribution is 2.34. The summed E-state index contributed by atoms with van der Waals surface area (Å²) in [6.07, 6.45) is 20.5. The minimum Gasteiger partial charge on any atom is -0.119 e. The molecule has 2 heteroatoms. The van der Waals surface area contributed by atoms with E-state index in [1.807, 2.05) is 0 Å². The Balaban J connectivity index is 3.84. The van der Waals surface area contributed by atoms with E-state index in [0.29, 0.717) is 0 Å². The average molecular weight is 439 g/mol. The van der Waals surface area contributed by atoms with Gasteiger partial charge < -0.3 is 0 Å². The Bertz CT molecular complexity index is 202. The largest absolute Gasteiger partial charge is 0.125 e. The molecule has 0 fully saturated rings. The van der Waals surface area contributed by atoms with E-state index in [4.69, 9.17) is 0 Å². The Morgan fingerprint density at radius 3 is 1.18 bits per heavy atom. The van der Waals surface area contributed by atoms with Gasteiger partial charge in [-0.25, -0.2) is 0 Å². The smallest absolute Gasteiger partial charge is 0.119 e. The lowest BCUT2D eigenvalue weighted by Crippen LogP contribution is -2.25. The van der Waals surface area contributed by atoms with Gasteiger partial charge in [0.25, 0.3) is 0 Å². The van der Waals surface area contributed by atoms with Gasteiger partial charge >= 0.3 is 0 Å². The van der Waals surface area contributed by atoms with Gasteiger partial charge in [0.05, 0.1) is 0 Å². The van der Waals surface area contributed by atoms with Crippen LogP contribution in [0.4, 0.5) is 0 Å². The van der Waals surface area contributed by atoms with Crippen LogP contribution in [0.2, 0.25) is 18.1 Å². The van der Waals surface area contributed by atoms with Gasteiger partial charge in [-0.1, -0.05) is 111 Å². The number of hydrogen-bond acceptors (Lipinski definition) is 0. The van der Waals surface area contributed by atoms with Crippen molar-refractivity contribution in [2.75, 3.05) is 0 Å². The molecule has 0 unspecified atom stereocenters. The lowest BCUT2D eigenvalue weighted by atomic mass is 10.1. The van der Waals surface area contributed by atoms with Gasteiger partial charge in [0.15, 0.2) is 0 Å². The van der Waals surface area contributed by atoms with Crippen LogP contribution < -0.4 is 0 Å². The predicted molar refractivity (Wildman–Crippen MR) is 116 cm³/mol. The van der Waals surface area contributed by atoms with Crippen molar-refractivity contribution in [3.8, 4) is 0 Å². The van der Waals surface area contributed by atoms with Crippen molar-refractivity contribution in [2.45, 2.75) is 129 Å². The third-order valence-corrected chi connectivity index (χ3v) is 13.5. The minimum atomic E-state index is -0.937. The first-order valence-corrected chi connectivity index (χ1v) is 16.1. The predicted octanol–water partition coefficient (Wildman–Crippen LogP) is 8.89. The SMILES string of the molecule is CCCCCCCC[Si](I)(CCCC)CCCCCCCC. The van der Waals surface area contributed by atoms with E-state index in [2.05, 4.69) is 42.6 Å². The molecule has 0 saturated heterocycles. The molecule has 0 aromatic carbocycles. The molecule has 22 heavy (non-hydrogen) atoms. The molecule has 0 spiro atoms. The first-order valence-electron chi connectivity index (χ1n) is 10.4. The van der Waals surface area contributed by atoms with Crippen LogP contribution in [0.5, 0.6) is 0 Å². The van der Waals surface area contributed by atoms with E-state index >= 15 is 0 Å². The molecule has 0 aromatic heterocycles. The van der Waals surface area contributed by atoms with E-state index < -0.39 is 5.57 Å². The van der Waals surface area contributed by atoms with E-state index in [1.54, 1.807) is 18.1 Å². The molecule has 0 aliphatic rings. The summed E-state index contributed by atoms with van der Waals surface area (Å²) in [6.45, 7) is 6.99. The van der Waals surface area contributed by atoms with Crippen molar-refractivity contribution in [1.29, 1.82) is 0 Å². The van der Waals surface area contributed by atoms with Crippen LogP contribution in [0.1, 0.15) is 111 Å². The standard InChI is InChI=1S/C20H43ISi/c1-4-7-10-12-14-16-19-22(21,18-9-6-3)20-17-15-13-11-8-5-2/h4-20H2,1-3H3. The molecule has 0 nitrogen and oxygen atoms in total. The molecule has 0 heterocycles. The van der Waals surface area contributed by atoms with Crippen LogP contribution in [0, 0.1) is 0 Å². The highest BCUT2D eigenvalue weighted by molar-refractivity contribution is 14.1. The Morgan fingerprint density at radius 1 is 0.455 bits per heavy atom. The third-order valence-electron chi connectivity index (χ3n) is 4.94. The van der Waals surface area contributed by atoms with Crippen molar-refractivity contribution in [1.82, 2.24) is 0 Å². The van der Waals surface area contributed by atoms with Crippen LogP contribution in [-0.4, -0.2) is 5.57 Å². The first-order chi connectivity index (χ1) is 10.7. The Kier molecular flexibility index (Phi) is 17.5. The van der Waals surface area contributed by atoms with Crippen LogP contribution in [0.25, 0.3) is 0 Å². The summed E-state index contributed by atoms with van der Waals surface area (Å²) in [4.78, 5) is 0. The van der Waals surface area contributed by atoms with Gasteiger partial charge in [-0.3, -0.25) is 0 Å². The maximum absolute atomic E-state index is 2.97. The molecule has 0 saturated carbocycles. The molecule has 0 rings (SSSR count). The van der Waals surface area contributed by atoms with Gasteiger partial charge in [0.1, 0.15) is 5.57 Å². The molecule has 0 bridgehead atoms. The van der Waals surface area contributed by atoms with Crippen LogP contribution >= 0.6 is 21.8 Å². The zero-order chi connectivity index (χ0) is 16.5. The molecule has 0 aliphatic carbocycles. The fraction of sp³-hybridized carbons (Fsp3) is 1.00. The molecule has 0 amide bonds. The quantitative estimate of drug-likeness (QED) is 0.0920. The topological polar surface area (TPSA) is 0 Å². The molecular weight excluding hydrogens is 395 g/mol. The number of halogens is 1. The number of hydrogen-bond donors (Lipinski definition) is 0. The van der Waals surface area contributed by atoms with Crippen molar-refractivity contribution >= 4 is 27.4 Å². The van der Waals surface area contributed by atoms with Crippen molar-refractivity contribution in [3.63, 3.8) is 0 Å². The van der Waals surface area contributed by atoms with E-state index in [-0.39, 0.29) is 0 Å². The summed E-state index contributed by atoms with van der Waals surface area (Å²) in [5.74, 6) is 0. The Labute approximate surface area is 155 Å². The van der Waals surface area contributed by atoms with Gasteiger partial charge in [0.2, 0.25) is 0 Å². The Morgan fingerprint density at radius 2 is 0.773 bits per heavy atom. The number of unbranched alkanes of at least 4 members (excludes halogenated alkanes) is 11. The molecule has 0 aromatic rings. The summed E-state index contributed by atoms with van der Waals surface area (Å²) in [5, 5.41) is 0. The van der Waals surface area contributed by atoms with Crippen molar-refractivity contribution in [2.24, 2.45) is 0 Å². The van der Waals surface area contributed by atoms with Gasteiger partial charge in [-0.2, -0.15) is 0 Å². The third kappa shape index (κ3) is 14.5. The molecule has 0 N–H and O–H groups in total. The second kappa shape index (κ2) is 16.8. The van der Waals surface area contributed by atoms with Gasteiger partial charge in [-0.15, -0.1) is 21.8 Å². The number of rotatable bonds is 17. The average Bonchev–Trinajstić information content (AvgIpc) is 2.52. The highest BCUT2D eigenvalue weighted by Gasteiger charge is 2.27. The normalized spacial score (nSPS) is 12.0. The fourth-order valence-electron chi connectivity index (χ4n) is 3.31. The summed E-state index contributed by atoms with van der Waals surface area (Å²) in [5.41, 5.74) is -0.937. The first kappa shape index (κ1) is 22.9. The summed E-state index contributed by atoms with van der Waals surface area (Å²) in [7, 11) is 0. The molecule has 0 atom stereocenters. The second-order valence-corrected chi connectivity index (χ2v) is 18.0. The monoisotopic (exact) mass is 438 g/mol. The lowest BCUT2D eigenvalue weighted by molar-refractivity contribution is 0.615. The van der Waals surface area contributed by atoms with Crippen LogP contribution in [-0.2, 0) is 0 Å². The van der Waals surface area contributed by atoms with Crippen LogP contribution in [0.3, 0.4) is 0 Å². The Hall–Kier alpha value is 0.947. The second-order valence-electron chi connectivity index (χ2n) is 7.29.